The van der Waals surface area contributed by atoms with Gasteiger partial charge in [-0.2, -0.15) is 0 Å². The molecule has 2 rings (SSSR count). The van der Waals surface area contributed by atoms with Crippen LogP contribution >= 0.6 is 0 Å². The third-order valence-corrected chi connectivity index (χ3v) is 3.07. The van der Waals surface area contributed by atoms with E-state index in [9.17, 15) is 14.9 Å². The number of carbonyl (C=O) groups is 1. The summed E-state index contributed by atoms with van der Waals surface area (Å²) < 4.78 is 4.94. The van der Waals surface area contributed by atoms with Gasteiger partial charge in [-0.05, 0) is 30.9 Å². The van der Waals surface area contributed by atoms with Crippen molar-refractivity contribution >= 4 is 17.3 Å². The molecule has 1 aromatic rings. The number of hydrogen-bond acceptors (Lipinski definition) is 5. The molecule has 1 atom stereocenters. The van der Waals surface area contributed by atoms with E-state index in [1.807, 2.05) is 0 Å². The Morgan fingerprint density at radius 1 is 1.58 bits per heavy atom. The van der Waals surface area contributed by atoms with Crippen LogP contribution in [0.3, 0.4) is 0 Å². The molecule has 0 heterocycles. The first-order valence-electron chi connectivity index (χ1n) is 5.85. The molecule has 7 nitrogen and oxygen atoms in total. The maximum Gasteiger partial charge on any atom is 0.333 e. The summed E-state index contributed by atoms with van der Waals surface area (Å²) in [6.07, 6.45) is 1.64. The number of carboxylic acid groups (broad SMARTS) is 1. The number of hydrogen-bond donors (Lipinski definition) is 2. The highest BCUT2D eigenvalue weighted by Crippen LogP contribution is 2.39. The second-order valence-electron chi connectivity index (χ2n) is 4.41. The summed E-state index contributed by atoms with van der Waals surface area (Å²) in [6, 6.07) is 3.74. The molecule has 19 heavy (non-hydrogen) atoms. The number of carboxylic acids is 1. The van der Waals surface area contributed by atoms with Crippen molar-refractivity contribution < 1.29 is 19.6 Å². The number of nitro benzene ring substituents is 1. The fourth-order valence-electron chi connectivity index (χ4n) is 1.97. The SMILES string of the molecule is COc1cccc(NC(C(=O)O)C2CC2)c1[N+](=O)[O-]. The summed E-state index contributed by atoms with van der Waals surface area (Å²) in [6.45, 7) is 0. The van der Waals surface area contributed by atoms with Crippen LogP contribution in [0, 0.1) is 16.0 Å². The van der Waals surface area contributed by atoms with Crippen molar-refractivity contribution in [2.24, 2.45) is 5.92 Å². The summed E-state index contributed by atoms with van der Waals surface area (Å²) in [5.74, 6) is -0.863. The topological polar surface area (TPSA) is 102 Å². The summed E-state index contributed by atoms with van der Waals surface area (Å²) in [7, 11) is 1.34. The van der Waals surface area contributed by atoms with Gasteiger partial charge in [-0.25, -0.2) is 4.79 Å². The fourth-order valence-corrected chi connectivity index (χ4v) is 1.97. The van der Waals surface area contributed by atoms with Gasteiger partial charge < -0.3 is 15.2 Å². The zero-order chi connectivity index (χ0) is 14.0. The lowest BCUT2D eigenvalue weighted by Gasteiger charge is -2.15. The third-order valence-electron chi connectivity index (χ3n) is 3.07. The van der Waals surface area contributed by atoms with Crippen LogP contribution in [0.5, 0.6) is 5.75 Å². The third kappa shape index (κ3) is 2.75. The highest BCUT2D eigenvalue weighted by atomic mass is 16.6. The lowest BCUT2D eigenvalue weighted by molar-refractivity contribution is -0.384. The standard InChI is InChI=1S/C12H14N2O5/c1-19-9-4-2-3-8(11(9)14(17)18)13-10(12(15)16)7-5-6-7/h2-4,7,10,13H,5-6H2,1H3,(H,15,16). The zero-order valence-electron chi connectivity index (χ0n) is 10.3. The van der Waals surface area contributed by atoms with Gasteiger partial charge in [0.05, 0.1) is 12.0 Å². The van der Waals surface area contributed by atoms with Crippen LogP contribution in [0.25, 0.3) is 0 Å². The second-order valence-corrected chi connectivity index (χ2v) is 4.41. The Balaban J connectivity index is 2.33. The Hall–Kier alpha value is -2.31. The van der Waals surface area contributed by atoms with E-state index in [2.05, 4.69) is 5.32 Å². The highest BCUT2D eigenvalue weighted by molar-refractivity contribution is 5.80. The van der Waals surface area contributed by atoms with E-state index in [1.165, 1.54) is 19.2 Å². The number of benzene rings is 1. The molecule has 1 aromatic carbocycles. The van der Waals surface area contributed by atoms with Crippen molar-refractivity contribution in [3.63, 3.8) is 0 Å². The first-order valence-corrected chi connectivity index (χ1v) is 5.85. The molecule has 0 radical (unpaired) electrons. The molecule has 1 unspecified atom stereocenters. The van der Waals surface area contributed by atoms with Crippen molar-refractivity contribution in [1.29, 1.82) is 0 Å². The predicted octanol–water partition coefficient (Wildman–Crippen LogP) is 1.88. The number of rotatable bonds is 6. The second kappa shape index (κ2) is 5.13. The minimum Gasteiger partial charge on any atom is -0.490 e. The van der Waals surface area contributed by atoms with Crippen LogP contribution in [0.4, 0.5) is 11.4 Å². The largest absolute Gasteiger partial charge is 0.490 e. The van der Waals surface area contributed by atoms with Crippen LogP contribution in [0.2, 0.25) is 0 Å². The molecule has 2 N–H and O–H groups in total. The van der Waals surface area contributed by atoms with E-state index in [1.54, 1.807) is 6.07 Å². The minimum atomic E-state index is -1.00. The van der Waals surface area contributed by atoms with Gasteiger partial charge in [0.15, 0.2) is 5.75 Å². The number of aliphatic carboxylic acids is 1. The van der Waals surface area contributed by atoms with Crippen molar-refractivity contribution in [2.75, 3.05) is 12.4 Å². The highest BCUT2D eigenvalue weighted by Gasteiger charge is 2.37. The summed E-state index contributed by atoms with van der Waals surface area (Å²) in [4.78, 5) is 21.7. The first-order chi connectivity index (χ1) is 9.04. The van der Waals surface area contributed by atoms with Gasteiger partial charge >= 0.3 is 11.7 Å². The number of nitrogens with zero attached hydrogens (tertiary/aromatic N) is 1. The van der Waals surface area contributed by atoms with E-state index in [4.69, 9.17) is 9.84 Å². The molecule has 0 spiro atoms. The molecular weight excluding hydrogens is 252 g/mol. The summed E-state index contributed by atoms with van der Waals surface area (Å²) in [5, 5.41) is 23.0. The summed E-state index contributed by atoms with van der Waals surface area (Å²) >= 11 is 0. The van der Waals surface area contributed by atoms with E-state index in [0.29, 0.717) is 0 Å². The van der Waals surface area contributed by atoms with Crippen molar-refractivity contribution in [1.82, 2.24) is 0 Å². The molecule has 1 aliphatic carbocycles. The number of methoxy groups -OCH3 is 1. The number of anilines is 1. The molecular formula is C12H14N2O5. The number of nitro groups is 1. The van der Waals surface area contributed by atoms with Crippen molar-refractivity contribution in [3.05, 3.63) is 28.3 Å². The average molecular weight is 266 g/mol. The lowest BCUT2D eigenvalue weighted by atomic mass is 10.1. The van der Waals surface area contributed by atoms with Crippen LogP contribution in [-0.2, 0) is 4.79 Å². The molecule has 102 valence electrons. The molecule has 1 aliphatic rings. The van der Waals surface area contributed by atoms with Crippen LogP contribution < -0.4 is 10.1 Å². The Morgan fingerprint density at radius 3 is 2.74 bits per heavy atom. The molecule has 0 saturated heterocycles. The Bertz CT molecular complexity index is 513. The van der Waals surface area contributed by atoms with Crippen LogP contribution in [0.1, 0.15) is 12.8 Å². The van der Waals surface area contributed by atoms with Crippen molar-refractivity contribution in [2.45, 2.75) is 18.9 Å². The van der Waals surface area contributed by atoms with E-state index < -0.39 is 16.9 Å². The monoisotopic (exact) mass is 266 g/mol. The molecule has 0 bridgehead atoms. The van der Waals surface area contributed by atoms with E-state index in [-0.39, 0.29) is 23.0 Å². The van der Waals surface area contributed by atoms with Gasteiger partial charge in [-0.15, -0.1) is 0 Å². The van der Waals surface area contributed by atoms with E-state index >= 15 is 0 Å². The maximum absolute atomic E-state index is 11.2. The smallest absolute Gasteiger partial charge is 0.333 e. The first kappa shape index (κ1) is 13.1. The van der Waals surface area contributed by atoms with Gasteiger partial charge in [0, 0.05) is 0 Å². The fraction of sp³-hybridized carbons (Fsp3) is 0.417. The van der Waals surface area contributed by atoms with Crippen LogP contribution in [0.15, 0.2) is 18.2 Å². The van der Waals surface area contributed by atoms with Gasteiger partial charge in [0.25, 0.3) is 0 Å². The summed E-state index contributed by atoms with van der Waals surface area (Å²) in [5.41, 5.74) is -0.0689. The number of ether oxygens (including phenoxy) is 1. The molecule has 0 aliphatic heterocycles. The lowest BCUT2D eigenvalue weighted by Crippen LogP contribution is -2.31. The zero-order valence-corrected chi connectivity index (χ0v) is 10.3. The van der Waals surface area contributed by atoms with Gasteiger partial charge in [0.2, 0.25) is 0 Å². The molecule has 0 amide bonds. The van der Waals surface area contributed by atoms with Gasteiger partial charge in [-0.1, -0.05) is 6.07 Å². The Kier molecular flexibility index (Phi) is 3.55. The maximum atomic E-state index is 11.2. The van der Waals surface area contributed by atoms with Crippen LogP contribution in [-0.4, -0.2) is 29.2 Å². The molecule has 1 fully saturated rings. The molecule has 0 aromatic heterocycles. The average Bonchev–Trinajstić information content (AvgIpc) is 3.18. The number of nitrogens with one attached hydrogen (secondary N) is 1. The van der Waals surface area contributed by atoms with E-state index in [0.717, 1.165) is 12.8 Å². The van der Waals surface area contributed by atoms with Gasteiger partial charge in [0.1, 0.15) is 11.7 Å². The Labute approximate surface area is 109 Å². The molecule has 1 saturated carbocycles. The number of para-hydroxylation sites is 1. The Morgan fingerprint density at radius 2 is 2.26 bits per heavy atom. The predicted molar refractivity (Wildman–Crippen MR) is 67.4 cm³/mol. The van der Waals surface area contributed by atoms with Crippen molar-refractivity contribution in [3.8, 4) is 5.75 Å². The molecule has 7 heteroatoms. The van der Waals surface area contributed by atoms with Gasteiger partial charge in [-0.3, -0.25) is 10.1 Å². The quantitative estimate of drug-likeness (QED) is 0.602. The normalized spacial score (nSPS) is 15.6. The minimum absolute atomic E-state index is 0.0308.